The molecule has 7 saturated heterocycles. The Morgan fingerprint density at radius 1 is 0.480 bits per heavy atom. The van der Waals surface area contributed by atoms with E-state index in [2.05, 4.69) is 20.8 Å². The summed E-state index contributed by atoms with van der Waals surface area (Å²) in [7, 11) is 8.29. The highest BCUT2D eigenvalue weighted by atomic mass is 16.8. The van der Waals surface area contributed by atoms with Gasteiger partial charge in [-0.1, -0.05) is 6.92 Å². The van der Waals surface area contributed by atoms with E-state index in [1.54, 1.807) is 42.5 Å². The molecule has 2 bridgehead atoms. The van der Waals surface area contributed by atoms with Gasteiger partial charge in [-0.3, -0.25) is 4.79 Å². The standard InChI is InChI=1S/C56H92O19/c1-27-35-14-15-42(57)55(35,8)43-26-41-54(7)18-17-34(20-33(54)16-19-56(41,74-27)75-43)69-44-22-37(60-10)50(29(3)65-44)71-46-24-39(62-12)52(31(5)67-46)73-48-25-40(63-13)53(32(6)68-48)72-47-23-38(61-11)51(30(4)66-47)70-45-21-36(59-9)49(58)28(2)64-45/h27-41,43-53,58H,14-26H2,1-13H3/t27-,28+,29+,30+,31+,32+,33-,34-,35-,36+,37+,38-,39-,40+,41+,43+,44-,45-,46-,47-,48-,49+,50+,51+,52+,53+,54-,55+,56-/m0/s1. The Hall–Kier alpha value is -1.05. The zero-order valence-electron chi connectivity index (χ0n) is 47.0. The molecule has 1 spiro atoms. The van der Waals surface area contributed by atoms with Crippen LogP contribution in [-0.4, -0.2) is 194 Å². The fourth-order valence-electron chi connectivity index (χ4n) is 16.0. The van der Waals surface area contributed by atoms with Gasteiger partial charge in [-0.2, -0.15) is 0 Å². The van der Waals surface area contributed by atoms with E-state index in [1.165, 1.54) is 0 Å². The molecule has 10 rings (SSSR count). The molecule has 1 N–H and O–H groups in total. The molecule has 75 heavy (non-hydrogen) atoms. The van der Waals surface area contributed by atoms with Crippen molar-refractivity contribution in [3.05, 3.63) is 0 Å². The maximum Gasteiger partial charge on any atom is 0.172 e. The second-order valence-electron chi connectivity index (χ2n) is 24.5. The molecule has 0 aromatic carbocycles. The van der Waals surface area contributed by atoms with E-state index in [9.17, 15) is 9.90 Å². The summed E-state index contributed by atoms with van der Waals surface area (Å²) in [5, 5.41) is 10.5. The first-order valence-corrected chi connectivity index (χ1v) is 28.6. The number of aliphatic hydroxyl groups excluding tert-OH is 1. The van der Waals surface area contributed by atoms with Crippen molar-refractivity contribution in [2.24, 2.45) is 28.6 Å². The third kappa shape index (κ3) is 10.9. The van der Waals surface area contributed by atoms with Crippen LogP contribution in [0.15, 0.2) is 0 Å². The van der Waals surface area contributed by atoms with Crippen LogP contribution in [0, 0.1) is 28.6 Å². The molecule has 0 radical (unpaired) electrons. The molecule has 29 atom stereocenters. The SMILES string of the molecule is CO[C@H]1C[C@H](O[C@@H]2[C@@H](C)O[C@@H](O[C@H]3[C@@H](OC)C[C@H](O[C@@H]4[C@@H](C)O[C@@H](O[C@H]5CC[C@@]6(C)[C@@H](CC[C@@]78O[C@@H](C)[C@@H]9CCC(=O)[C@]9(C)[C@@H](C[C@@H]76)O8)C5)C[C@H]4OC)O[C@@H]3C)C[C@H]2OC)O[C@H](C)[C@H]1O[C@H]1C[C@@H](OC)[C@H](O)[C@@H](C)O1. The van der Waals surface area contributed by atoms with Crippen LogP contribution in [0.3, 0.4) is 0 Å². The number of hydrogen-bond acceptors (Lipinski definition) is 19. The van der Waals surface area contributed by atoms with Crippen LogP contribution in [0.4, 0.5) is 0 Å². The molecule has 0 amide bonds. The normalized spacial score (nSPS) is 54.2. The van der Waals surface area contributed by atoms with E-state index in [0.29, 0.717) is 50.2 Å². The van der Waals surface area contributed by atoms with Gasteiger partial charge in [0.1, 0.15) is 36.3 Å². The zero-order chi connectivity index (χ0) is 53.3. The summed E-state index contributed by atoms with van der Waals surface area (Å²) in [6.45, 7) is 16.5. The summed E-state index contributed by atoms with van der Waals surface area (Å²) in [4.78, 5) is 13.4. The van der Waals surface area contributed by atoms with Crippen LogP contribution in [0.2, 0.25) is 0 Å². The first kappa shape index (κ1) is 57.2. The first-order chi connectivity index (χ1) is 35.8. The Balaban J connectivity index is 0.690. The van der Waals surface area contributed by atoms with Crippen LogP contribution >= 0.6 is 0 Å². The number of fused-ring (bicyclic) bond motifs is 5. The lowest BCUT2D eigenvalue weighted by molar-refractivity contribution is -0.352. The largest absolute Gasteiger partial charge is 0.388 e. The Kier molecular flexibility index (Phi) is 17.6. The highest BCUT2D eigenvalue weighted by molar-refractivity contribution is 5.88. The second kappa shape index (κ2) is 23.1. The third-order valence-corrected chi connectivity index (χ3v) is 20.3. The lowest BCUT2D eigenvalue weighted by Crippen LogP contribution is -2.58. The lowest BCUT2D eigenvalue weighted by atomic mass is 9.52. The molecular weight excluding hydrogens is 977 g/mol. The van der Waals surface area contributed by atoms with Crippen molar-refractivity contribution < 1.29 is 90.4 Å². The number of rotatable bonds is 15. The summed E-state index contributed by atoms with van der Waals surface area (Å²) in [5.41, 5.74) is -0.431. The second-order valence-corrected chi connectivity index (χ2v) is 24.5. The average molecular weight is 1070 g/mol. The van der Waals surface area contributed by atoms with Crippen molar-refractivity contribution in [2.75, 3.05) is 35.5 Å². The molecule has 430 valence electrons. The fourth-order valence-corrected chi connectivity index (χ4v) is 16.0. The van der Waals surface area contributed by atoms with Crippen molar-refractivity contribution in [1.82, 2.24) is 0 Å². The molecule has 0 unspecified atom stereocenters. The minimum atomic E-state index is -0.740. The van der Waals surface area contributed by atoms with Crippen LogP contribution in [-0.2, 0) is 85.3 Å². The van der Waals surface area contributed by atoms with E-state index < -0.39 is 104 Å². The number of methoxy groups -OCH3 is 5. The van der Waals surface area contributed by atoms with Crippen molar-refractivity contribution in [3.8, 4) is 0 Å². The molecule has 3 saturated carbocycles. The van der Waals surface area contributed by atoms with Crippen LogP contribution in [0.25, 0.3) is 0 Å². The molecule has 19 heteroatoms. The fraction of sp³-hybridized carbons (Fsp3) is 0.982. The Morgan fingerprint density at radius 3 is 1.36 bits per heavy atom. The molecule has 7 heterocycles. The minimum Gasteiger partial charge on any atom is -0.388 e. The average Bonchev–Trinajstić information content (AvgIpc) is 3.91. The Bertz CT molecular complexity index is 1920. The summed E-state index contributed by atoms with van der Waals surface area (Å²) in [6.07, 6.45) is 0.175. The van der Waals surface area contributed by atoms with Gasteiger partial charge in [-0.05, 0) is 98.3 Å². The van der Waals surface area contributed by atoms with Crippen LogP contribution in [0.5, 0.6) is 0 Å². The van der Waals surface area contributed by atoms with E-state index in [-0.39, 0.29) is 66.1 Å². The molecule has 0 aromatic rings. The highest BCUT2D eigenvalue weighted by Gasteiger charge is 2.70. The topological polar surface area (TPSA) is 194 Å². The number of ether oxygens (including phenoxy) is 17. The third-order valence-electron chi connectivity index (χ3n) is 20.3. The maximum absolute atomic E-state index is 13.4. The molecule has 3 aliphatic carbocycles. The molecule has 10 fully saturated rings. The van der Waals surface area contributed by atoms with Crippen molar-refractivity contribution >= 4 is 5.78 Å². The van der Waals surface area contributed by atoms with Gasteiger partial charge in [0.15, 0.2) is 37.2 Å². The molecule has 10 aliphatic rings. The monoisotopic (exact) mass is 1070 g/mol. The Morgan fingerprint density at radius 2 is 0.907 bits per heavy atom. The van der Waals surface area contributed by atoms with Gasteiger partial charge < -0.3 is 85.6 Å². The predicted molar refractivity (Wildman–Crippen MR) is 266 cm³/mol. The van der Waals surface area contributed by atoms with E-state index in [1.807, 2.05) is 27.7 Å². The van der Waals surface area contributed by atoms with Gasteiger partial charge in [0, 0.05) is 92.3 Å². The predicted octanol–water partition coefficient (Wildman–Crippen LogP) is 6.13. The minimum absolute atomic E-state index is 0.00103. The number of aliphatic hydroxyl groups is 1. The number of ketones is 1. The lowest BCUT2D eigenvalue weighted by Gasteiger charge is -2.57. The van der Waals surface area contributed by atoms with Crippen molar-refractivity contribution in [1.29, 1.82) is 0 Å². The van der Waals surface area contributed by atoms with Crippen LogP contribution in [0.1, 0.15) is 139 Å². The summed E-state index contributed by atoms with van der Waals surface area (Å²) in [6, 6.07) is 0. The molecule has 19 nitrogen and oxygen atoms in total. The number of carbonyl (C=O) groups is 1. The zero-order valence-corrected chi connectivity index (χ0v) is 47.0. The summed E-state index contributed by atoms with van der Waals surface area (Å²) < 4.78 is 109. The Labute approximate surface area is 445 Å². The van der Waals surface area contributed by atoms with Crippen LogP contribution < -0.4 is 0 Å². The highest BCUT2D eigenvalue weighted by Crippen LogP contribution is 2.67. The van der Waals surface area contributed by atoms with Gasteiger partial charge in [0.05, 0.1) is 84.8 Å². The summed E-state index contributed by atoms with van der Waals surface area (Å²) in [5.74, 6) is 0.678. The van der Waals surface area contributed by atoms with E-state index in [0.717, 1.165) is 44.9 Å². The molecule has 7 aliphatic heterocycles. The van der Waals surface area contributed by atoms with Gasteiger partial charge in [0.25, 0.3) is 0 Å². The van der Waals surface area contributed by atoms with Crippen molar-refractivity contribution in [2.45, 2.75) is 286 Å². The first-order valence-electron chi connectivity index (χ1n) is 28.6. The number of hydrogen-bond donors (Lipinski definition) is 1. The van der Waals surface area contributed by atoms with Gasteiger partial charge in [-0.25, -0.2) is 0 Å². The quantitative estimate of drug-likeness (QED) is 0.184. The molecule has 0 aromatic heterocycles. The maximum atomic E-state index is 13.4. The van der Waals surface area contributed by atoms with Crippen molar-refractivity contribution in [3.63, 3.8) is 0 Å². The smallest absolute Gasteiger partial charge is 0.172 e. The van der Waals surface area contributed by atoms with E-state index in [4.69, 9.17) is 80.5 Å². The molecular formula is C56H92O19. The number of carbonyl (C=O) groups excluding carboxylic acids is 1. The summed E-state index contributed by atoms with van der Waals surface area (Å²) >= 11 is 0. The number of Topliss-reactive ketones (excluding diaryl/α,β-unsaturated/α-hetero) is 1. The van der Waals surface area contributed by atoms with Gasteiger partial charge in [0.2, 0.25) is 0 Å². The van der Waals surface area contributed by atoms with E-state index >= 15 is 0 Å². The van der Waals surface area contributed by atoms with Gasteiger partial charge in [-0.15, -0.1) is 0 Å². The van der Waals surface area contributed by atoms with Gasteiger partial charge >= 0.3 is 0 Å².